The van der Waals surface area contributed by atoms with Crippen LogP contribution in [-0.2, 0) is 23.6 Å². The molecule has 0 atom stereocenters. The lowest BCUT2D eigenvalue weighted by Gasteiger charge is -2.05. The molecule has 96 valence electrons. The first kappa shape index (κ1) is 12.6. The molecule has 0 amide bonds. The Hall–Kier alpha value is -1.86. The van der Waals surface area contributed by atoms with E-state index >= 15 is 0 Å². The number of aromatic nitrogens is 2. The van der Waals surface area contributed by atoms with Crippen LogP contribution in [0.25, 0.3) is 0 Å². The average molecular weight is 266 g/mol. The number of rotatable bonds is 4. The van der Waals surface area contributed by atoms with Crippen molar-refractivity contribution in [1.29, 1.82) is 0 Å². The van der Waals surface area contributed by atoms with E-state index in [1.165, 1.54) is 12.1 Å². The van der Waals surface area contributed by atoms with Crippen LogP contribution in [-0.4, -0.2) is 18.2 Å². The third-order valence-electron chi connectivity index (χ3n) is 2.40. The number of anilines is 1. The van der Waals surface area contributed by atoms with Gasteiger partial charge in [-0.15, -0.1) is 0 Å². The first-order valence-electron chi connectivity index (χ1n) is 5.31. The maximum absolute atomic E-state index is 11.9. The van der Waals surface area contributed by atoms with E-state index in [-0.39, 0.29) is 11.4 Å². The maximum Gasteiger partial charge on any atom is 0.240 e. The molecule has 3 N–H and O–H groups in total. The Balaban J connectivity index is 2.10. The van der Waals surface area contributed by atoms with Crippen LogP contribution in [0.4, 0.5) is 5.69 Å². The van der Waals surface area contributed by atoms with Crippen molar-refractivity contribution in [3.05, 3.63) is 42.2 Å². The van der Waals surface area contributed by atoms with Crippen LogP contribution >= 0.6 is 0 Å². The van der Waals surface area contributed by atoms with Gasteiger partial charge in [0.2, 0.25) is 10.0 Å². The van der Waals surface area contributed by atoms with E-state index in [0.29, 0.717) is 11.4 Å². The van der Waals surface area contributed by atoms with Gasteiger partial charge in [0.05, 0.1) is 17.1 Å². The fraction of sp³-hybridized carbons (Fsp3) is 0.182. The normalized spacial score (nSPS) is 11.6. The molecule has 18 heavy (non-hydrogen) atoms. The largest absolute Gasteiger partial charge is 0.399 e. The molecule has 1 heterocycles. The first-order chi connectivity index (χ1) is 8.47. The number of benzene rings is 1. The molecule has 0 aliphatic heterocycles. The molecule has 7 heteroatoms. The lowest BCUT2D eigenvalue weighted by Crippen LogP contribution is -2.23. The quantitative estimate of drug-likeness (QED) is 0.788. The third kappa shape index (κ3) is 2.88. The molecule has 2 aromatic rings. The van der Waals surface area contributed by atoms with E-state index in [1.54, 1.807) is 36.1 Å². The highest BCUT2D eigenvalue weighted by molar-refractivity contribution is 7.89. The first-order valence-corrected chi connectivity index (χ1v) is 6.79. The zero-order valence-electron chi connectivity index (χ0n) is 9.87. The molecule has 0 saturated heterocycles. The van der Waals surface area contributed by atoms with E-state index in [1.807, 2.05) is 0 Å². The van der Waals surface area contributed by atoms with Crippen molar-refractivity contribution in [2.45, 2.75) is 11.4 Å². The fourth-order valence-corrected chi connectivity index (χ4v) is 2.46. The molecular weight excluding hydrogens is 252 g/mol. The molecule has 0 fully saturated rings. The highest BCUT2D eigenvalue weighted by atomic mass is 32.2. The smallest absolute Gasteiger partial charge is 0.240 e. The van der Waals surface area contributed by atoms with Gasteiger partial charge >= 0.3 is 0 Å². The van der Waals surface area contributed by atoms with Crippen molar-refractivity contribution in [2.24, 2.45) is 7.05 Å². The van der Waals surface area contributed by atoms with Crippen molar-refractivity contribution >= 4 is 15.7 Å². The van der Waals surface area contributed by atoms with Gasteiger partial charge in [0.15, 0.2) is 0 Å². The van der Waals surface area contributed by atoms with Gasteiger partial charge in [0.1, 0.15) is 0 Å². The Morgan fingerprint density at radius 2 is 1.94 bits per heavy atom. The number of nitrogen functional groups attached to an aromatic ring is 1. The Bertz CT molecular complexity index is 631. The van der Waals surface area contributed by atoms with E-state index in [4.69, 9.17) is 5.73 Å². The molecule has 0 radical (unpaired) electrons. The van der Waals surface area contributed by atoms with E-state index in [9.17, 15) is 8.42 Å². The number of hydrogen-bond acceptors (Lipinski definition) is 4. The number of nitrogens with zero attached hydrogens (tertiary/aromatic N) is 2. The minimum absolute atomic E-state index is 0.160. The van der Waals surface area contributed by atoms with E-state index < -0.39 is 10.0 Å². The molecule has 0 bridgehead atoms. The summed E-state index contributed by atoms with van der Waals surface area (Å²) in [5, 5.41) is 4.09. The van der Waals surface area contributed by atoms with Crippen LogP contribution in [0.5, 0.6) is 0 Å². The molecule has 0 aliphatic carbocycles. The SMILES string of the molecule is Cn1ccc(CNS(=O)(=O)c2ccc(N)cc2)n1. The fourth-order valence-electron chi connectivity index (χ4n) is 1.46. The average Bonchev–Trinajstić information content (AvgIpc) is 2.73. The second kappa shape index (κ2) is 4.79. The highest BCUT2D eigenvalue weighted by Gasteiger charge is 2.13. The number of aryl methyl sites for hydroxylation is 1. The summed E-state index contributed by atoms with van der Waals surface area (Å²) in [7, 11) is -1.75. The number of nitrogens with one attached hydrogen (secondary N) is 1. The monoisotopic (exact) mass is 266 g/mol. The molecule has 1 aromatic carbocycles. The molecule has 0 saturated carbocycles. The zero-order valence-corrected chi connectivity index (χ0v) is 10.7. The molecule has 0 unspecified atom stereocenters. The Morgan fingerprint density at radius 3 is 2.50 bits per heavy atom. The summed E-state index contributed by atoms with van der Waals surface area (Å²) in [5.74, 6) is 0. The minimum atomic E-state index is -3.52. The maximum atomic E-state index is 11.9. The van der Waals surface area contributed by atoms with Gasteiger partial charge < -0.3 is 5.73 Å². The van der Waals surface area contributed by atoms with Crippen LogP contribution in [0.3, 0.4) is 0 Å². The van der Waals surface area contributed by atoms with Crippen molar-refractivity contribution < 1.29 is 8.42 Å². The Kier molecular flexibility index (Phi) is 3.35. The predicted octanol–water partition coefficient (Wildman–Crippen LogP) is 0.481. The summed E-state index contributed by atoms with van der Waals surface area (Å²) in [6.45, 7) is 0.160. The molecule has 0 aliphatic rings. The summed E-state index contributed by atoms with van der Waals surface area (Å²) in [4.78, 5) is 0.188. The predicted molar refractivity (Wildman–Crippen MR) is 68.1 cm³/mol. The van der Waals surface area contributed by atoms with Gasteiger partial charge in [-0.25, -0.2) is 13.1 Å². The van der Waals surface area contributed by atoms with Crippen LogP contribution in [0, 0.1) is 0 Å². The van der Waals surface area contributed by atoms with Crippen LogP contribution in [0.2, 0.25) is 0 Å². The summed E-state index contributed by atoms with van der Waals surface area (Å²) >= 11 is 0. The highest BCUT2D eigenvalue weighted by Crippen LogP contribution is 2.11. The van der Waals surface area contributed by atoms with Crippen molar-refractivity contribution in [2.75, 3.05) is 5.73 Å². The lowest BCUT2D eigenvalue weighted by molar-refractivity contribution is 0.579. The van der Waals surface area contributed by atoms with Gasteiger partial charge in [-0.1, -0.05) is 0 Å². The van der Waals surface area contributed by atoms with Gasteiger partial charge in [0.25, 0.3) is 0 Å². The Labute approximate surface area is 105 Å². The molecule has 2 rings (SSSR count). The van der Waals surface area contributed by atoms with E-state index in [2.05, 4.69) is 9.82 Å². The van der Waals surface area contributed by atoms with Gasteiger partial charge in [-0.2, -0.15) is 5.10 Å². The zero-order chi connectivity index (χ0) is 13.2. The summed E-state index contributed by atoms with van der Waals surface area (Å²) in [6.07, 6.45) is 1.76. The van der Waals surface area contributed by atoms with E-state index in [0.717, 1.165) is 0 Å². The molecule has 1 aromatic heterocycles. The second-order valence-electron chi connectivity index (χ2n) is 3.87. The molecular formula is C11H14N4O2S. The minimum Gasteiger partial charge on any atom is -0.399 e. The molecule has 6 nitrogen and oxygen atoms in total. The van der Waals surface area contributed by atoms with Crippen LogP contribution < -0.4 is 10.5 Å². The summed E-state index contributed by atoms with van der Waals surface area (Å²) < 4.78 is 28.0. The van der Waals surface area contributed by atoms with Gasteiger partial charge in [-0.05, 0) is 30.3 Å². The Morgan fingerprint density at radius 1 is 1.28 bits per heavy atom. The van der Waals surface area contributed by atoms with Crippen LogP contribution in [0.15, 0.2) is 41.4 Å². The third-order valence-corrected chi connectivity index (χ3v) is 3.82. The summed E-state index contributed by atoms with van der Waals surface area (Å²) in [5.41, 5.74) is 6.70. The number of sulfonamides is 1. The van der Waals surface area contributed by atoms with Crippen molar-refractivity contribution in [3.8, 4) is 0 Å². The van der Waals surface area contributed by atoms with Crippen LogP contribution in [0.1, 0.15) is 5.69 Å². The van der Waals surface area contributed by atoms with Crippen molar-refractivity contribution in [3.63, 3.8) is 0 Å². The second-order valence-corrected chi connectivity index (χ2v) is 5.64. The van der Waals surface area contributed by atoms with Gasteiger partial charge in [-0.3, -0.25) is 4.68 Å². The standard InChI is InChI=1S/C11H14N4O2S/c1-15-7-6-10(14-15)8-13-18(16,17)11-4-2-9(12)3-5-11/h2-7,13H,8,12H2,1H3. The molecule has 0 spiro atoms. The number of nitrogens with two attached hydrogens (primary N) is 1. The topological polar surface area (TPSA) is 90.0 Å². The summed E-state index contributed by atoms with van der Waals surface area (Å²) in [6, 6.07) is 7.79. The lowest BCUT2D eigenvalue weighted by atomic mass is 10.3. The van der Waals surface area contributed by atoms with Gasteiger partial charge in [0, 0.05) is 18.9 Å². The number of hydrogen-bond donors (Lipinski definition) is 2. The van der Waals surface area contributed by atoms with Crippen molar-refractivity contribution in [1.82, 2.24) is 14.5 Å².